The van der Waals surface area contributed by atoms with Gasteiger partial charge in [0.05, 0.1) is 6.61 Å². The van der Waals surface area contributed by atoms with E-state index in [1.165, 1.54) is 0 Å². The van der Waals surface area contributed by atoms with Gasteiger partial charge in [0.1, 0.15) is 5.75 Å². The third-order valence-corrected chi connectivity index (χ3v) is 3.08. The number of nitrogens with two attached hydrogens (primary N) is 1. The normalized spacial score (nSPS) is 22.1. The van der Waals surface area contributed by atoms with Gasteiger partial charge in [0, 0.05) is 17.6 Å². The Labute approximate surface area is 108 Å². The van der Waals surface area contributed by atoms with E-state index in [-0.39, 0.29) is 18.0 Å². The fourth-order valence-corrected chi connectivity index (χ4v) is 2.00. The number of carbonyl (C=O) groups excluding carboxylic acids is 1. The summed E-state index contributed by atoms with van der Waals surface area (Å²) in [7, 11) is 0. The molecular formula is C14H20N2O2. The van der Waals surface area contributed by atoms with Crippen molar-refractivity contribution in [1.82, 2.24) is 5.32 Å². The van der Waals surface area contributed by atoms with E-state index in [1.807, 2.05) is 12.1 Å². The SMILES string of the molecule is CCCOc1cccc(C(=O)NC2CC(N)C2)c1. The molecule has 0 unspecified atom stereocenters. The first-order chi connectivity index (χ1) is 8.69. The number of ether oxygens (including phenoxy) is 1. The highest BCUT2D eigenvalue weighted by Crippen LogP contribution is 2.19. The van der Waals surface area contributed by atoms with Crippen LogP contribution < -0.4 is 15.8 Å². The first-order valence-corrected chi connectivity index (χ1v) is 6.48. The van der Waals surface area contributed by atoms with Gasteiger partial charge < -0.3 is 15.8 Å². The Morgan fingerprint density at radius 1 is 1.50 bits per heavy atom. The Hall–Kier alpha value is -1.55. The summed E-state index contributed by atoms with van der Waals surface area (Å²) in [4.78, 5) is 12.0. The molecule has 0 saturated heterocycles. The zero-order chi connectivity index (χ0) is 13.0. The molecule has 2 rings (SSSR count). The molecule has 98 valence electrons. The molecule has 1 fully saturated rings. The van der Waals surface area contributed by atoms with E-state index < -0.39 is 0 Å². The monoisotopic (exact) mass is 248 g/mol. The molecule has 1 amide bonds. The standard InChI is InChI=1S/C14H20N2O2/c1-2-6-18-13-5-3-4-10(7-13)14(17)16-12-8-11(15)9-12/h3-5,7,11-12H,2,6,8-9,15H2,1H3,(H,16,17). The van der Waals surface area contributed by atoms with Crippen molar-refractivity contribution in [2.45, 2.75) is 38.3 Å². The van der Waals surface area contributed by atoms with Gasteiger partial charge in [-0.05, 0) is 37.5 Å². The summed E-state index contributed by atoms with van der Waals surface area (Å²) in [6.07, 6.45) is 2.70. The molecule has 0 aromatic heterocycles. The third-order valence-electron chi connectivity index (χ3n) is 3.08. The van der Waals surface area contributed by atoms with Gasteiger partial charge in [0.2, 0.25) is 0 Å². The maximum absolute atomic E-state index is 12.0. The van der Waals surface area contributed by atoms with E-state index in [9.17, 15) is 4.79 Å². The van der Waals surface area contributed by atoms with E-state index in [0.717, 1.165) is 25.0 Å². The number of hydrogen-bond acceptors (Lipinski definition) is 3. The smallest absolute Gasteiger partial charge is 0.251 e. The Morgan fingerprint density at radius 3 is 2.94 bits per heavy atom. The van der Waals surface area contributed by atoms with Gasteiger partial charge >= 0.3 is 0 Å². The third kappa shape index (κ3) is 3.23. The van der Waals surface area contributed by atoms with Crippen LogP contribution >= 0.6 is 0 Å². The minimum atomic E-state index is -0.0474. The van der Waals surface area contributed by atoms with Crippen LogP contribution in [-0.2, 0) is 0 Å². The Morgan fingerprint density at radius 2 is 2.28 bits per heavy atom. The van der Waals surface area contributed by atoms with E-state index in [4.69, 9.17) is 10.5 Å². The Kier molecular flexibility index (Phi) is 4.20. The van der Waals surface area contributed by atoms with Crippen molar-refractivity contribution in [3.63, 3.8) is 0 Å². The minimum absolute atomic E-state index is 0.0474. The molecule has 1 saturated carbocycles. The molecular weight excluding hydrogens is 228 g/mol. The quantitative estimate of drug-likeness (QED) is 0.833. The number of carbonyl (C=O) groups is 1. The van der Waals surface area contributed by atoms with Gasteiger partial charge in [0.15, 0.2) is 0 Å². The second kappa shape index (κ2) is 5.87. The first kappa shape index (κ1) is 12.9. The highest BCUT2D eigenvalue weighted by Gasteiger charge is 2.27. The molecule has 4 nitrogen and oxygen atoms in total. The molecule has 0 bridgehead atoms. The van der Waals surface area contributed by atoms with Crippen molar-refractivity contribution in [2.24, 2.45) is 5.73 Å². The van der Waals surface area contributed by atoms with Crippen LogP contribution in [0.25, 0.3) is 0 Å². The van der Waals surface area contributed by atoms with Crippen molar-refractivity contribution in [3.05, 3.63) is 29.8 Å². The van der Waals surface area contributed by atoms with Gasteiger partial charge in [-0.2, -0.15) is 0 Å². The van der Waals surface area contributed by atoms with Crippen LogP contribution in [0.5, 0.6) is 5.75 Å². The van der Waals surface area contributed by atoms with Gasteiger partial charge in [0.25, 0.3) is 5.91 Å². The van der Waals surface area contributed by atoms with E-state index in [1.54, 1.807) is 12.1 Å². The molecule has 1 aliphatic rings. The summed E-state index contributed by atoms with van der Waals surface area (Å²) in [6, 6.07) is 7.76. The van der Waals surface area contributed by atoms with Crippen molar-refractivity contribution in [2.75, 3.05) is 6.61 Å². The molecule has 0 radical (unpaired) electrons. The zero-order valence-corrected chi connectivity index (χ0v) is 10.7. The lowest BCUT2D eigenvalue weighted by Crippen LogP contribution is -2.50. The van der Waals surface area contributed by atoms with Crippen LogP contribution in [0, 0.1) is 0 Å². The summed E-state index contributed by atoms with van der Waals surface area (Å²) in [5.74, 6) is 0.698. The molecule has 18 heavy (non-hydrogen) atoms. The number of nitrogens with one attached hydrogen (secondary N) is 1. The second-order valence-electron chi connectivity index (χ2n) is 4.78. The maximum Gasteiger partial charge on any atom is 0.251 e. The minimum Gasteiger partial charge on any atom is -0.494 e. The van der Waals surface area contributed by atoms with Crippen LogP contribution in [0.3, 0.4) is 0 Å². The summed E-state index contributed by atoms with van der Waals surface area (Å²) < 4.78 is 5.51. The lowest BCUT2D eigenvalue weighted by molar-refractivity contribution is 0.0910. The molecule has 4 heteroatoms. The maximum atomic E-state index is 12.0. The number of hydrogen-bond donors (Lipinski definition) is 2. The van der Waals surface area contributed by atoms with Crippen LogP contribution in [0.4, 0.5) is 0 Å². The van der Waals surface area contributed by atoms with Crippen LogP contribution in [0.15, 0.2) is 24.3 Å². The summed E-state index contributed by atoms with van der Waals surface area (Å²) in [6.45, 7) is 2.72. The molecule has 1 aromatic rings. The first-order valence-electron chi connectivity index (χ1n) is 6.48. The highest BCUT2D eigenvalue weighted by atomic mass is 16.5. The average molecular weight is 248 g/mol. The van der Waals surface area contributed by atoms with Crippen LogP contribution in [-0.4, -0.2) is 24.6 Å². The molecule has 0 heterocycles. The van der Waals surface area contributed by atoms with E-state index in [2.05, 4.69) is 12.2 Å². The lowest BCUT2D eigenvalue weighted by Gasteiger charge is -2.32. The van der Waals surface area contributed by atoms with Crippen LogP contribution in [0.1, 0.15) is 36.5 Å². The summed E-state index contributed by atoms with van der Waals surface area (Å²) in [5.41, 5.74) is 6.33. The fraction of sp³-hybridized carbons (Fsp3) is 0.500. The van der Waals surface area contributed by atoms with Crippen molar-refractivity contribution in [1.29, 1.82) is 0 Å². The second-order valence-corrected chi connectivity index (χ2v) is 4.78. The van der Waals surface area contributed by atoms with Gasteiger partial charge in [-0.25, -0.2) is 0 Å². The average Bonchev–Trinajstić information content (AvgIpc) is 2.35. The predicted octanol–water partition coefficient (Wildman–Crippen LogP) is 1.69. The lowest BCUT2D eigenvalue weighted by atomic mass is 9.87. The fourth-order valence-electron chi connectivity index (χ4n) is 2.00. The zero-order valence-electron chi connectivity index (χ0n) is 10.7. The molecule has 0 atom stereocenters. The Balaban J connectivity index is 1.92. The summed E-state index contributed by atoms with van der Waals surface area (Å²) >= 11 is 0. The van der Waals surface area contributed by atoms with E-state index in [0.29, 0.717) is 12.2 Å². The molecule has 1 aromatic carbocycles. The number of benzene rings is 1. The highest BCUT2D eigenvalue weighted by molar-refractivity contribution is 5.94. The van der Waals surface area contributed by atoms with Crippen molar-refractivity contribution < 1.29 is 9.53 Å². The predicted molar refractivity (Wildman–Crippen MR) is 70.7 cm³/mol. The molecule has 1 aliphatic carbocycles. The van der Waals surface area contributed by atoms with Crippen molar-refractivity contribution >= 4 is 5.91 Å². The number of rotatable bonds is 5. The molecule has 0 spiro atoms. The Bertz CT molecular complexity index is 414. The van der Waals surface area contributed by atoms with Crippen LogP contribution in [0.2, 0.25) is 0 Å². The van der Waals surface area contributed by atoms with Gasteiger partial charge in [-0.1, -0.05) is 13.0 Å². The van der Waals surface area contributed by atoms with E-state index >= 15 is 0 Å². The summed E-state index contributed by atoms with van der Waals surface area (Å²) in [5, 5.41) is 2.97. The van der Waals surface area contributed by atoms with Gasteiger partial charge in [-0.15, -0.1) is 0 Å². The van der Waals surface area contributed by atoms with Crippen molar-refractivity contribution in [3.8, 4) is 5.75 Å². The van der Waals surface area contributed by atoms with Gasteiger partial charge in [-0.3, -0.25) is 4.79 Å². The number of amides is 1. The molecule has 0 aliphatic heterocycles. The molecule has 3 N–H and O–H groups in total. The topological polar surface area (TPSA) is 64.3 Å². The largest absolute Gasteiger partial charge is 0.494 e.